The van der Waals surface area contributed by atoms with Gasteiger partial charge in [0.25, 0.3) is 0 Å². The number of hydrogen-bond donors (Lipinski definition) is 0. The van der Waals surface area contributed by atoms with E-state index in [1.165, 1.54) is 21.6 Å². The van der Waals surface area contributed by atoms with Crippen LogP contribution in [0.5, 0.6) is 0 Å². The molecule has 0 bridgehead atoms. The molecule has 1 heterocycles. The summed E-state index contributed by atoms with van der Waals surface area (Å²) in [5.74, 6) is 0. The van der Waals surface area contributed by atoms with Crippen LogP contribution < -0.4 is 10.6 Å². The fourth-order valence-corrected chi connectivity index (χ4v) is 3.27. The normalized spacial score (nSPS) is 17.0. The van der Waals surface area contributed by atoms with Gasteiger partial charge in [-0.1, -0.05) is 36.4 Å². The van der Waals surface area contributed by atoms with Crippen LogP contribution in [0.25, 0.3) is 17.7 Å². The van der Waals surface area contributed by atoms with E-state index in [2.05, 4.69) is 48.6 Å². The lowest BCUT2D eigenvalue weighted by Gasteiger charge is -2.07. The van der Waals surface area contributed by atoms with Crippen molar-refractivity contribution in [3.05, 3.63) is 74.5 Å². The molecule has 0 atom stereocenters. The highest BCUT2D eigenvalue weighted by Gasteiger charge is 2.18. The second kappa shape index (κ2) is 3.54. The van der Waals surface area contributed by atoms with Gasteiger partial charge in [0.2, 0.25) is 0 Å². The van der Waals surface area contributed by atoms with Gasteiger partial charge in [0.05, 0.1) is 22.1 Å². The number of benzene rings is 1. The first-order chi connectivity index (χ1) is 9.90. The molecule has 1 aromatic heterocycles. The molecule has 0 N–H and O–H groups in total. The Balaban J connectivity index is 1.96. The van der Waals surface area contributed by atoms with E-state index in [0.717, 1.165) is 34.9 Å². The average Bonchev–Trinajstić information content (AvgIpc) is 3.02. The Kier molecular flexibility index (Phi) is 1.83. The van der Waals surface area contributed by atoms with Gasteiger partial charge in [0, 0.05) is 10.8 Å². The summed E-state index contributed by atoms with van der Waals surface area (Å²) in [6, 6.07) is 8.37. The Hall–Kier alpha value is -2.48. The summed E-state index contributed by atoms with van der Waals surface area (Å²) in [7, 11) is 0. The second-order valence-electron chi connectivity index (χ2n) is 5.45. The van der Waals surface area contributed by atoms with Crippen LogP contribution in [0.1, 0.15) is 24.2 Å². The maximum Gasteiger partial charge on any atom is 0.0973 e. The smallest absolute Gasteiger partial charge is 0.0973 e. The van der Waals surface area contributed by atoms with Crippen molar-refractivity contribution in [1.29, 1.82) is 0 Å². The van der Waals surface area contributed by atoms with Crippen molar-refractivity contribution in [3.63, 3.8) is 0 Å². The van der Waals surface area contributed by atoms with E-state index in [9.17, 15) is 0 Å². The summed E-state index contributed by atoms with van der Waals surface area (Å²) < 4.78 is 0. The number of nitrogens with zero attached hydrogens (tertiary/aromatic N) is 2. The van der Waals surface area contributed by atoms with E-state index in [1.807, 2.05) is 0 Å². The largest absolute Gasteiger partial charge is 0.244 e. The van der Waals surface area contributed by atoms with Crippen molar-refractivity contribution in [2.24, 2.45) is 0 Å². The first-order valence-electron chi connectivity index (χ1n) is 7.01. The van der Waals surface area contributed by atoms with Crippen molar-refractivity contribution in [2.75, 3.05) is 0 Å². The fraction of sp³-hybridized carbons (Fsp3) is 0.111. The van der Waals surface area contributed by atoms with Crippen LogP contribution >= 0.6 is 0 Å². The molecule has 0 spiro atoms. The van der Waals surface area contributed by atoms with Crippen LogP contribution in [-0.4, -0.2) is 9.97 Å². The number of allylic oxidation sites excluding steroid dienone is 3. The lowest BCUT2D eigenvalue weighted by molar-refractivity contribution is 1.00. The van der Waals surface area contributed by atoms with Crippen molar-refractivity contribution in [1.82, 2.24) is 9.97 Å². The zero-order valence-corrected chi connectivity index (χ0v) is 10.9. The number of hydrogen-bond acceptors (Lipinski definition) is 2. The lowest BCUT2D eigenvalue weighted by Crippen LogP contribution is -2.16. The molecule has 0 radical (unpaired) electrons. The predicted octanol–water partition coefficient (Wildman–Crippen LogP) is 1.80. The minimum atomic E-state index is 1.01. The van der Waals surface area contributed by atoms with E-state index >= 15 is 0 Å². The fourth-order valence-electron chi connectivity index (χ4n) is 3.27. The highest BCUT2D eigenvalue weighted by molar-refractivity contribution is 5.85. The molecule has 2 aromatic rings. The van der Waals surface area contributed by atoms with E-state index in [4.69, 9.17) is 9.97 Å². The van der Waals surface area contributed by atoms with Crippen LogP contribution in [0, 0.1) is 10.6 Å². The van der Waals surface area contributed by atoms with Gasteiger partial charge in [-0.25, -0.2) is 9.97 Å². The van der Waals surface area contributed by atoms with Gasteiger partial charge in [-0.05, 0) is 35.8 Å². The highest BCUT2D eigenvalue weighted by Crippen LogP contribution is 2.28. The van der Waals surface area contributed by atoms with Gasteiger partial charge in [0.15, 0.2) is 0 Å². The van der Waals surface area contributed by atoms with Gasteiger partial charge >= 0.3 is 0 Å². The third kappa shape index (κ3) is 1.23. The zero-order valence-electron chi connectivity index (χ0n) is 10.9. The number of aromatic nitrogens is 2. The third-order valence-electron chi connectivity index (χ3n) is 4.23. The highest BCUT2D eigenvalue weighted by atomic mass is 14.8. The Labute approximate surface area is 115 Å². The maximum atomic E-state index is 4.87. The van der Waals surface area contributed by atoms with Crippen LogP contribution in [-0.2, 0) is 0 Å². The Morgan fingerprint density at radius 3 is 2.75 bits per heavy atom. The molecule has 3 aliphatic rings. The molecule has 0 fully saturated rings. The van der Waals surface area contributed by atoms with Crippen LogP contribution in [0.4, 0.5) is 0 Å². The minimum Gasteiger partial charge on any atom is -0.244 e. The van der Waals surface area contributed by atoms with Gasteiger partial charge < -0.3 is 0 Å². The number of fused-ring (bicyclic) bond motifs is 4. The summed E-state index contributed by atoms with van der Waals surface area (Å²) in [4.78, 5) is 9.75. The molecular weight excluding hydrogens is 244 g/mol. The Bertz CT molecular complexity index is 1040. The minimum absolute atomic E-state index is 1.01. The Morgan fingerprint density at radius 2 is 1.75 bits per heavy atom. The molecule has 20 heavy (non-hydrogen) atoms. The molecule has 0 saturated carbocycles. The van der Waals surface area contributed by atoms with Crippen molar-refractivity contribution < 1.29 is 0 Å². The maximum absolute atomic E-state index is 4.87. The molecule has 2 nitrogen and oxygen atoms in total. The zero-order chi connectivity index (χ0) is 13.1. The van der Waals surface area contributed by atoms with Crippen LogP contribution in [0.15, 0.2) is 42.0 Å². The predicted molar refractivity (Wildman–Crippen MR) is 78.7 cm³/mol. The van der Waals surface area contributed by atoms with Crippen LogP contribution in [0.3, 0.4) is 0 Å². The van der Waals surface area contributed by atoms with Crippen molar-refractivity contribution >= 4 is 17.7 Å². The molecule has 1 aromatic carbocycles. The lowest BCUT2D eigenvalue weighted by atomic mass is 9.98. The molecule has 0 unspecified atom stereocenters. The summed E-state index contributed by atoms with van der Waals surface area (Å²) in [5, 5.41) is 4.50. The first-order valence-corrected chi connectivity index (χ1v) is 7.01. The average molecular weight is 256 g/mol. The molecule has 3 aliphatic carbocycles. The van der Waals surface area contributed by atoms with E-state index in [1.54, 1.807) is 0 Å². The van der Waals surface area contributed by atoms with E-state index in [0.29, 0.717) is 0 Å². The summed E-state index contributed by atoms with van der Waals surface area (Å²) in [5.41, 5.74) is 4.70. The monoisotopic (exact) mass is 256 g/mol. The molecule has 5 rings (SSSR count). The van der Waals surface area contributed by atoms with Crippen LogP contribution in [0.2, 0.25) is 0 Å². The third-order valence-corrected chi connectivity index (χ3v) is 4.23. The quantitative estimate of drug-likeness (QED) is 0.613. The summed E-state index contributed by atoms with van der Waals surface area (Å²) in [6.45, 7) is 0. The van der Waals surface area contributed by atoms with Gasteiger partial charge in [-0.2, -0.15) is 0 Å². The van der Waals surface area contributed by atoms with Crippen molar-refractivity contribution in [2.45, 2.75) is 12.8 Å². The van der Waals surface area contributed by atoms with E-state index in [-0.39, 0.29) is 0 Å². The van der Waals surface area contributed by atoms with Gasteiger partial charge in [-0.15, -0.1) is 0 Å². The summed E-state index contributed by atoms with van der Waals surface area (Å²) in [6.07, 6.45) is 11.0. The molecule has 0 aliphatic heterocycles. The SMILES string of the molecule is C1=CC2=c3nc4c(nc3C=C2CC1)=c1ccccc1=C4. The first kappa shape index (κ1) is 10.3. The molecule has 0 saturated heterocycles. The second-order valence-corrected chi connectivity index (χ2v) is 5.45. The standard InChI is InChI=1S/C18H12N2/c1-3-7-13-11(5-1)9-15-17(13)20-16-10-12-6-2-4-8-14(12)18(16)19-15/h1,3-5,7-10H,2,6H2. The van der Waals surface area contributed by atoms with E-state index < -0.39 is 0 Å². The van der Waals surface area contributed by atoms with Crippen molar-refractivity contribution in [3.8, 4) is 0 Å². The molecule has 94 valence electrons. The molecular formula is C18H12N2. The van der Waals surface area contributed by atoms with Gasteiger partial charge in [-0.3, -0.25) is 0 Å². The number of rotatable bonds is 0. The summed E-state index contributed by atoms with van der Waals surface area (Å²) >= 11 is 0. The topological polar surface area (TPSA) is 25.8 Å². The van der Waals surface area contributed by atoms with Gasteiger partial charge in [0.1, 0.15) is 0 Å². The Morgan fingerprint density at radius 1 is 0.900 bits per heavy atom. The molecule has 0 amide bonds. The molecule has 2 heteroatoms.